The minimum Gasteiger partial charge on any atom is -0.380 e. The van der Waals surface area contributed by atoms with Gasteiger partial charge in [-0.1, -0.05) is 38.1 Å². The summed E-state index contributed by atoms with van der Waals surface area (Å²) in [7, 11) is 1.71. The second-order valence-corrected chi connectivity index (χ2v) is 4.84. The predicted molar refractivity (Wildman–Crippen MR) is 68.3 cm³/mol. The summed E-state index contributed by atoms with van der Waals surface area (Å²) in [5.74, 6) is 0.669. The van der Waals surface area contributed by atoms with Gasteiger partial charge < -0.3 is 10.5 Å². The van der Waals surface area contributed by atoms with Gasteiger partial charge in [-0.15, -0.1) is 0 Å². The molecule has 0 heterocycles. The van der Waals surface area contributed by atoms with Gasteiger partial charge in [0.05, 0.1) is 6.61 Å². The van der Waals surface area contributed by atoms with Crippen molar-refractivity contribution in [3.05, 3.63) is 35.4 Å². The van der Waals surface area contributed by atoms with Gasteiger partial charge in [-0.3, -0.25) is 0 Å². The van der Waals surface area contributed by atoms with Gasteiger partial charge in [0, 0.05) is 13.2 Å². The fourth-order valence-corrected chi connectivity index (χ4v) is 1.93. The summed E-state index contributed by atoms with van der Waals surface area (Å²) in [5.41, 5.74) is 8.60. The van der Waals surface area contributed by atoms with E-state index >= 15 is 0 Å². The monoisotopic (exact) mass is 221 g/mol. The van der Waals surface area contributed by atoms with Crippen molar-refractivity contribution in [2.24, 2.45) is 11.7 Å². The Bertz CT molecular complexity index is 292. The van der Waals surface area contributed by atoms with Crippen LogP contribution < -0.4 is 5.73 Å². The maximum Gasteiger partial charge on any atom is 0.0713 e. The average Bonchev–Trinajstić information content (AvgIpc) is 2.20. The highest BCUT2D eigenvalue weighted by atomic mass is 16.5. The van der Waals surface area contributed by atoms with Crippen molar-refractivity contribution in [1.82, 2.24) is 0 Å². The first-order valence-corrected chi connectivity index (χ1v) is 5.94. The van der Waals surface area contributed by atoms with Crippen LogP contribution in [0, 0.1) is 5.92 Å². The van der Waals surface area contributed by atoms with Crippen molar-refractivity contribution in [3.8, 4) is 0 Å². The molecule has 0 aliphatic heterocycles. The smallest absolute Gasteiger partial charge is 0.0713 e. The van der Waals surface area contributed by atoms with E-state index in [4.69, 9.17) is 10.5 Å². The highest BCUT2D eigenvalue weighted by molar-refractivity contribution is 5.22. The zero-order valence-electron chi connectivity index (χ0n) is 10.6. The minimum atomic E-state index is 0.272. The van der Waals surface area contributed by atoms with Crippen molar-refractivity contribution in [2.75, 3.05) is 7.11 Å². The van der Waals surface area contributed by atoms with E-state index in [9.17, 15) is 0 Å². The van der Waals surface area contributed by atoms with Gasteiger partial charge in [0.15, 0.2) is 0 Å². The first-order chi connectivity index (χ1) is 7.61. The number of methoxy groups -OCH3 is 1. The molecular weight excluding hydrogens is 198 g/mol. The summed E-state index contributed by atoms with van der Waals surface area (Å²) in [4.78, 5) is 0. The number of hydrogen-bond acceptors (Lipinski definition) is 2. The first-order valence-electron chi connectivity index (χ1n) is 5.94. The maximum atomic E-state index is 6.08. The summed E-state index contributed by atoms with van der Waals surface area (Å²) in [6, 6.07) is 8.79. The van der Waals surface area contributed by atoms with E-state index in [1.807, 2.05) is 0 Å². The number of rotatable bonds is 6. The highest BCUT2D eigenvalue weighted by Crippen LogP contribution is 2.11. The molecule has 0 spiro atoms. The van der Waals surface area contributed by atoms with E-state index < -0.39 is 0 Å². The van der Waals surface area contributed by atoms with E-state index in [1.54, 1.807) is 7.11 Å². The molecule has 0 bridgehead atoms. The molecule has 1 unspecified atom stereocenters. The summed E-state index contributed by atoms with van der Waals surface area (Å²) in [6.07, 6.45) is 2.05. The van der Waals surface area contributed by atoms with E-state index in [2.05, 4.69) is 38.1 Å². The van der Waals surface area contributed by atoms with E-state index in [1.165, 1.54) is 11.1 Å². The van der Waals surface area contributed by atoms with E-state index in [-0.39, 0.29) is 6.04 Å². The zero-order valence-corrected chi connectivity index (χ0v) is 10.6. The van der Waals surface area contributed by atoms with Crippen molar-refractivity contribution in [2.45, 2.75) is 39.3 Å². The van der Waals surface area contributed by atoms with Crippen LogP contribution in [0.1, 0.15) is 31.4 Å². The summed E-state index contributed by atoms with van der Waals surface area (Å²) < 4.78 is 5.08. The van der Waals surface area contributed by atoms with E-state index in [0.29, 0.717) is 12.5 Å². The Morgan fingerprint density at radius 3 is 2.19 bits per heavy atom. The van der Waals surface area contributed by atoms with Gasteiger partial charge >= 0.3 is 0 Å². The molecular formula is C14H23NO. The van der Waals surface area contributed by atoms with Gasteiger partial charge in [0.25, 0.3) is 0 Å². The van der Waals surface area contributed by atoms with Gasteiger partial charge in [-0.25, -0.2) is 0 Å². The second kappa shape index (κ2) is 6.66. The van der Waals surface area contributed by atoms with Crippen LogP contribution in [0.25, 0.3) is 0 Å². The van der Waals surface area contributed by atoms with Gasteiger partial charge in [0.2, 0.25) is 0 Å². The van der Waals surface area contributed by atoms with Gasteiger partial charge in [-0.05, 0) is 29.9 Å². The Morgan fingerprint density at radius 2 is 1.69 bits per heavy atom. The quantitative estimate of drug-likeness (QED) is 0.801. The van der Waals surface area contributed by atoms with Crippen LogP contribution in [0.4, 0.5) is 0 Å². The molecule has 0 saturated heterocycles. The highest BCUT2D eigenvalue weighted by Gasteiger charge is 2.06. The molecule has 0 radical (unpaired) electrons. The normalized spacial score (nSPS) is 13.1. The fourth-order valence-electron chi connectivity index (χ4n) is 1.93. The van der Waals surface area contributed by atoms with E-state index in [0.717, 1.165) is 12.8 Å². The standard InChI is InChI=1S/C14H23NO/c1-11(2)8-14(15)9-12-4-6-13(7-5-12)10-16-3/h4-7,11,14H,8-10,15H2,1-3H3. The molecule has 0 fully saturated rings. The second-order valence-electron chi connectivity index (χ2n) is 4.84. The van der Waals surface area contributed by atoms with Crippen molar-refractivity contribution >= 4 is 0 Å². The van der Waals surface area contributed by atoms with Crippen LogP contribution in [-0.4, -0.2) is 13.2 Å². The molecule has 2 heteroatoms. The lowest BCUT2D eigenvalue weighted by atomic mass is 9.97. The minimum absolute atomic E-state index is 0.272. The number of benzene rings is 1. The third kappa shape index (κ3) is 4.77. The van der Waals surface area contributed by atoms with Gasteiger partial charge in [0.1, 0.15) is 0 Å². The molecule has 1 atom stereocenters. The molecule has 2 N–H and O–H groups in total. The molecule has 0 aromatic heterocycles. The third-order valence-corrected chi connectivity index (χ3v) is 2.61. The van der Waals surface area contributed by atoms with Crippen LogP contribution in [0.2, 0.25) is 0 Å². The van der Waals surface area contributed by atoms with Crippen molar-refractivity contribution < 1.29 is 4.74 Å². The average molecular weight is 221 g/mol. The third-order valence-electron chi connectivity index (χ3n) is 2.61. The zero-order chi connectivity index (χ0) is 12.0. The molecule has 1 rings (SSSR count). The molecule has 1 aromatic rings. The maximum absolute atomic E-state index is 6.08. The lowest BCUT2D eigenvalue weighted by molar-refractivity contribution is 0.185. The Labute approximate surface area is 98.8 Å². The van der Waals surface area contributed by atoms with Crippen LogP contribution in [-0.2, 0) is 17.8 Å². The Morgan fingerprint density at radius 1 is 1.12 bits per heavy atom. The molecule has 16 heavy (non-hydrogen) atoms. The van der Waals surface area contributed by atoms with Gasteiger partial charge in [-0.2, -0.15) is 0 Å². The SMILES string of the molecule is COCc1ccc(CC(N)CC(C)C)cc1. The fraction of sp³-hybridized carbons (Fsp3) is 0.571. The molecule has 0 aliphatic carbocycles. The molecule has 0 amide bonds. The van der Waals surface area contributed by atoms with Crippen LogP contribution in [0.5, 0.6) is 0 Å². The number of nitrogens with two attached hydrogens (primary N) is 1. The molecule has 0 aliphatic rings. The number of hydrogen-bond donors (Lipinski definition) is 1. The largest absolute Gasteiger partial charge is 0.380 e. The Kier molecular flexibility index (Phi) is 5.50. The molecule has 2 nitrogen and oxygen atoms in total. The molecule has 0 saturated carbocycles. The topological polar surface area (TPSA) is 35.2 Å². The lowest BCUT2D eigenvalue weighted by Gasteiger charge is -2.14. The Hall–Kier alpha value is -0.860. The van der Waals surface area contributed by atoms with Crippen LogP contribution in [0.3, 0.4) is 0 Å². The van der Waals surface area contributed by atoms with Crippen molar-refractivity contribution in [1.29, 1.82) is 0 Å². The van der Waals surface area contributed by atoms with Crippen LogP contribution >= 0.6 is 0 Å². The summed E-state index contributed by atoms with van der Waals surface area (Å²) >= 11 is 0. The lowest BCUT2D eigenvalue weighted by Crippen LogP contribution is -2.24. The number of ether oxygens (including phenoxy) is 1. The molecule has 90 valence electrons. The predicted octanol–water partition coefficient (Wildman–Crippen LogP) is 2.75. The summed E-state index contributed by atoms with van der Waals surface area (Å²) in [5, 5.41) is 0. The first kappa shape index (κ1) is 13.2. The van der Waals surface area contributed by atoms with Crippen molar-refractivity contribution in [3.63, 3.8) is 0 Å². The summed E-state index contributed by atoms with van der Waals surface area (Å²) in [6.45, 7) is 5.10. The Balaban J connectivity index is 2.48. The van der Waals surface area contributed by atoms with Crippen LogP contribution in [0.15, 0.2) is 24.3 Å². The molecule has 1 aromatic carbocycles.